The molecule has 0 aliphatic rings. The summed E-state index contributed by atoms with van der Waals surface area (Å²) in [6, 6.07) is 0. The number of tetrazole rings is 1. The van der Waals surface area contributed by atoms with Gasteiger partial charge in [0.1, 0.15) is 0 Å². The Morgan fingerprint density at radius 1 is 1.53 bits per heavy atom. The highest BCUT2D eigenvalue weighted by Crippen LogP contribution is 2.17. The van der Waals surface area contributed by atoms with E-state index in [9.17, 15) is 0 Å². The van der Waals surface area contributed by atoms with Gasteiger partial charge < -0.3 is 5.73 Å². The van der Waals surface area contributed by atoms with Crippen LogP contribution in [0, 0.1) is 0 Å². The molecule has 6 heteroatoms. The Kier molecular flexibility index (Phi) is 5.63. The molecule has 0 bridgehead atoms. The Labute approximate surface area is 94.8 Å². The molecular formula is C9H19N5S. The van der Waals surface area contributed by atoms with E-state index in [1.807, 2.05) is 16.4 Å². The van der Waals surface area contributed by atoms with Gasteiger partial charge in [0.25, 0.3) is 0 Å². The Bertz CT molecular complexity index is 275. The number of rotatable bonds is 7. The molecule has 15 heavy (non-hydrogen) atoms. The molecule has 86 valence electrons. The summed E-state index contributed by atoms with van der Waals surface area (Å²) in [7, 11) is 0. The lowest BCUT2D eigenvalue weighted by Gasteiger charge is -2.08. The summed E-state index contributed by atoms with van der Waals surface area (Å²) in [6.45, 7) is 5.95. The van der Waals surface area contributed by atoms with Crippen molar-refractivity contribution in [3.05, 3.63) is 5.82 Å². The predicted molar refractivity (Wildman–Crippen MR) is 62.5 cm³/mol. The van der Waals surface area contributed by atoms with Gasteiger partial charge in [-0.2, -0.15) is 11.8 Å². The van der Waals surface area contributed by atoms with Gasteiger partial charge in [-0.25, -0.2) is 4.68 Å². The van der Waals surface area contributed by atoms with Crippen LogP contribution < -0.4 is 5.73 Å². The summed E-state index contributed by atoms with van der Waals surface area (Å²) >= 11 is 1.86. The molecule has 0 aliphatic carbocycles. The number of thioether (sulfide) groups is 1. The van der Waals surface area contributed by atoms with Crippen molar-refractivity contribution in [2.75, 3.05) is 6.54 Å². The second-order valence-electron chi connectivity index (χ2n) is 3.52. The van der Waals surface area contributed by atoms with E-state index < -0.39 is 0 Å². The number of nitrogens with two attached hydrogens (primary N) is 1. The number of aryl methyl sites for hydroxylation is 1. The van der Waals surface area contributed by atoms with Gasteiger partial charge in [0, 0.05) is 11.8 Å². The molecule has 0 fully saturated rings. The highest BCUT2D eigenvalue weighted by molar-refractivity contribution is 7.99. The van der Waals surface area contributed by atoms with Gasteiger partial charge in [0.2, 0.25) is 0 Å². The standard InChI is InChI=1S/C9H19N5S/c1-3-6-14-9(11-12-13-14)7-15-8(2)4-5-10/h8H,3-7,10H2,1-2H3. The number of hydrogen-bond acceptors (Lipinski definition) is 5. The second-order valence-corrected chi connectivity index (χ2v) is 4.94. The van der Waals surface area contributed by atoms with Crippen LogP contribution in [-0.4, -0.2) is 32.0 Å². The molecule has 0 radical (unpaired) electrons. The Balaban J connectivity index is 2.39. The maximum Gasteiger partial charge on any atom is 0.161 e. The highest BCUT2D eigenvalue weighted by Gasteiger charge is 2.08. The summed E-state index contributed by atoms with van der Waals surface area (Å²) in [5, 5.41) is 12.2. The fourth-order valence-electron chi connectivity index (χ4n) is 1.25. The fraction of sp³-hybridized carbons (Fsp3) is 0.889. The van der Waals surface area contributed by atoms with Crippen molar-refractivity contribution in [2.24, 2.45) is 5.73 Å². The van der Waals surface area contributed by atoms with Gasteiger partial charge in [-0.05, 0) is 29.8 Å². The van der Waals surface area contributed by atoms with E-state index in [1.165, 1.54) is 0 Å². The normalized spacial score (nSPS) is 13.0. The summed E-state index contributed by atoms with van der Waals surface area (Å²) in [5.41, 5.74) is 5.50. The lowest BCUT2D eigenvalue weighted by molar-refractivity contribution is 0.564. The van der Waals surface area contributed by atoms with Gasteiger partial charge in [-0.1, -0.05) is 13.8 Å². The maximum atomic E-state index is 5.50. The van der Waals surface area contributed by atoms with Gasteiger partial charge in [0.15, 0.2) is 5.82 Å². The Morgan fingerprint density at radius 3 is 3.00 bits per heavy atom. The lowest BCUT2D eigenvalue weighted by atomic mass is 10.3. The molecule has 1 heterocycles. The number of aromatic nitrogens is 4. The van der Waals surface area contributed by atoms with Crippen LogP contribution in [0.5, 0.6) is 0 Å². The third-order valence-electron chi connectivity index (χ3n) is 2.11. The first-order valence-corrected chi connectivity index (χ1v) is 6.39. The molecule has 2 N–H and O–H groups in total. The Hall–Kier alpha value is -0.620. The van der Waals surface area contributed by atoms with E-state index in [4.69, 9.17) is 5.73 Å². The molecule has 1 unspecified atom stereocenters. The minimum atomic E-state index is 0.571. The zero-order valence-corrected chi connectivity index (χ0v) is 10.2. The highest BCUT2D eigenvalue weighted by atomic mass is 32.2. The summed E-state index contributed by atoms with van der Waals surface area (Å²) < 4.78 is 1.88. The number of nitrogens with zero attached hydrogens (tertiary/aromatic N) is 4. The molecule has 0 amide bonds. The molecule has 1 aromatic rings. The molecule has 5 nitrogen and oxygen atoms in total. The van der Waals surface area contributed by atoms with Crippen molar-refractivity contribution in [3.8, 4) is 0 Å². The molecule has 0 saturated carbocycles. The molecule has 1 atom stereocenters. The van der Waals surface area contributed by atoms with Crippen LogP contribution in [0.4, 0.5) is 0 Å². The Morgan fingerprint density at radius 2 is 2.33 bits per heavy atom. The molecular weight excluding hydrogens is 210 g/mol. The smallest absolute Gasteiger partial charge is 0.161 e. The van der Waals surface area contributed by atoms with Crippen molar-refractivity contribution in [2.45, 2.75) is 44.2 Å². The SMILES string of the molecule is CCCn1nnnc1CSC(C)CCN. The third-order valence-corrected chi connectivity index (χ3v) is 3.34. The van der Waals surface area contributed by atoms with Gasteiger partial charge >= 0.3 is 0 Å². The second kappa shape index (κ2) is 6.79. The zero-order chi connectivity index (χ0) is 11.1. The van der Waals surface area contributed by atoms with Gasteiger partial charge in [0.05, 0.1) is 5.75 Å². The minimum absolute atomic E-state index is 0.571. The topological polar surface area (TPSA) is 69.6 Å². The van der Waals surface area contributed by atoms with E-state index in [1.54, 1.807) is 0 Å². The fourth-order valence-corrected chi connectivity index (χ4v) is 2.19. The van der Waals surface area contributed by atoms with Crippen LogP contribution in [0.2, 0.25) is 0 Å². The largest absolute Gasteiger partial charge is 0.330 e. The van der Waals surface area contributed by atoms with Gasteiger partial charge in [-0.3, -0.25) is 0 Å². The van der Waals surface area contributed by atoms with E-state index in [0.717, 1.165) is 37.5 Å². The summed E-state index contributed by atoms with van der Waals surface area (Å²) in [5.74, 6) is 1.83. The average Bonchev–Trinajstić information content (AvgIpc) is 2.64. The molecule has 0 saturated heterocycles. The quantitative estimate of drug-likeness (QED) is 0.757. The molecule has 0 spiro atoms. The first kappa shape index (κ1) is 12.4. The zero-order valence-electron chi connectivity index (χ0n) is 9.39. The van der Waals surface area contributed by atoms with Crippen LogP contribution in [0.15, 0.2) is 0 Å². The van der Waals surface area contributed by atoms with Crippen molar-refractivity contribution in [3.63, 3.8) is 0 Å². The van der Waals surface area contributed by atoms with E-state index in [0.29, 0.717) is 5.25 Å². The third kappa shape index (κ3) is 4.17. The van der Waals surface area contributed by atoms with E-state index in [2.05, 4.69) is 29.4 Å². The van der Waals surface area contributed by atoms with Crippen LogP contribution in [-0.2, 0) is 12.3 Å². The first-order chi connectivity index (χ1) is 7.27. The van der Waals surface area contributed by atoms with Crippen LogP contribution in [0.3, 0.4) is 0 Å². The molecule has 1 aromatic heterocycles. The summed E-state index contributed by atoms with van der Waals surface area (Å²) in [6.07, 6.45) is 2.10. The molecule has 1 rings (SSSR count). The van der Waals surface area contributed by atoms with Crippen LogP contribution >= 0.6 is 11.8 Å². The number of hydrogen-bond donors (Lipinski definition) is 1. The van der Waals surface area contributed by atoms with Gasteiger partial charge in [-0.15, -0.1) is 5.10 Å². The molecule has 0 aromatic carbocycles. The van der Waals surface area contributed by atoms with Crippen molar-refractivity contribution in [1.82, 2.24) is 20.2 Å². The first-order valence-electron chi connectivity index (χ1n) is 5.34. The predicted octanol–water partition coefficient (Wildman–Crippen LogP) is 1.05. The molecule has 0 aliphatic heterocycles. The van der Waals surface area contributed by atoms with Crippen molar-refractivity contribution in [1.29, 1.82) is 0 Å². The monoisotopic (exact) mass is 229 g/mol. The van der Waals surface area contributed by atoms with Crippen LogP contribution in [0.1, 0.15) is 32.5 Å². The van der Waals surface area contributed by atoms with E-state index in [-0.39, 0.29) is 0 Å². The average molecular weight is 229 g/mol. The van der Waals surface area contributed by atoms with Crippen molar-refractivity contribution >= 4 is 11.8 Å². The minimum Gasteiger partial charge on any atom is -0.330 e. The summed E-state index contributed by atoms with van der Waals surface area (Å²) in [4.78, 5) is 0. The van der Waals surface area contributed by atoms with E-state index >= 15 is 0 Å². The van der Waals surface area contributed by atoms with Crippen molar-refractivity contribution < 1.29 is 0 Å². The lowest BCUT2D eigenvalue weighted by Crippen LogP contribution is -2.09. The van der Waals surface area contributed by atoms with Crippen LogP contribution in [0.25, 0.3) is 0 Å². The maximum absolute atomic E-state index is 5.50.